The zero-order chi connectivity index (χ0) is 23.0. The number of ether oxygens (including phenoxy) is 1. The van der Waals surface area contributed by atoms with Crippen LogP contribution < -0.4 is 10.9 Å². The lowest BCUT2D eigenvalue weighted by Gasteiger charge is -2.15. The van der Waals surface area contributed by atoms with E-state index in [1.807, 2.05) is 37.3 Å². The third-order valence-corrected chi connectivity index (χ3v) is 6.62. The first kappa shape index (κ1) is 22.8. The van der Waals surface area contributed by atoms with Crippen LogP contribution in [-0.2, 0) is 19.2 Å². The van der Waals surface area contributed by atoms with E-state index in [4.69, 9.17) is 15.6 Å². The largest absolute Gasteiger partial charge is 0.387 e. The quantitative estimate of drug-likeness (QED) is 0.334. The normalized spacial score (nSPS) is 24.8. The number of benzene rings is 1. The molecule has 12 nitrogen and oxygen atoms in total. The summed E-state index contributed by atoms with van der Waals surface area (Å²) in [4.78, 5) is 8.27. The van der Waals surface area contributed by atoms with Crippen LogP contribution in [-0.4, -0.2) is 63.3 Å². The first-order valence-electron chi connectivity index (χ1n) is 9.54. The van der Waals surface area contributed by atoms with Gasteiger partial charge in [0.2, 0.25) is 0 Å². The standard InChI is InChI=1S/C18H22N6O6S2/c1-9(10-5-3-2-4-6-10)31-17-12-15(19)21-8-22-16(12)24(23-17)18-14(26)13(25)11(30-18)7-29-32(20,27)28/h2-6,8-9,11,13-14,18,25-26H,7H2,1H3,(H2,19,21,22)(H2,20,27,28)/t9-,11+,13+,14+,18+/m0/s1. The Hall–Kier alpha value is -2.33. The molecule has 6 N–H and O–H groups in total. The smallest absolute Gasteiger partial charge is 0.333 e. The van der Waals surface area contributed by atoms with Crippen LogP contribution in [0.3, 0.4) is 0 Å². The Kier molecular flexibility index (Phi) is 6.35. The lowest BCUT2D eigenvalue weighted by atomic mass is 10.1. The van der Waals surface area contributed by atoms with E-state index in [9.17, 15) is 18.6 Å². The molecule has 0 unspecified atom stereocenters. The number of rotatable bonds is 7. The van der Waals surface area contributed by atoms with Gasteiger partial charge in [0, 0.05) is 5.25 Å². The molecule has 1 aliphatic heterocycles. The van der Waals surface area contributed by atoms with Crippen molar-refractivity contribution in [3.8, 4) is 0 Å². The highest BCUT2D eigenvalue weighted by Crippen LogP contribution is 2.41. The lowest BCUT2D eigenvalue weighted by molar-refractivity contribution is -0.0531. The van der Waals surface area contributed by atoms with Crippen molar-refractivity contribution >= 4 is 38.9 Å². The number of aliphatic hydroxyl groups is 2. The van der Waals surface area contributed by atoms with E-state index in [-0.39, 0.29) is 11.1 Å². The number of nitrogen functional groups attached to an aromatic ring is 1. The summed E-state index contributed by atoms with van der Waals surface area (Å²) in [6, 6.07) is 9.79. The van der Waals surface area contributed by atoms with Crippen LogP contribution in [0, 0.1) is 0 Å². The highest BCUT2D eigenvalue weighted by Gasteiger charge is 2.45. The van der Waals surface area contributed by atoms with Crippen LogP contribution >= 0.6 is 11.8 Å². The molecule has 3 heterocycles. The third kappa shape index (κ3) is 4.56. The molecule has 0 saturated carbocycles. The molecule has 0 aliphatic carbocycles. The number of hydrogen-bond acceptors (Lipinski definition) is 11. The van der Waals surface area contributed by atoms with Crippen molar-refractivity contribution in [2.45, 2.75) is 41.7 Å². The van der Waals surface area contributed by atoms with E-state index < -0.39 is 41.5 Å². The maximum absolute atomic E-state index is 11.1. The predicted octanol–water partition coefficient (Wildman–Crippen LogP) is 0.101. The molecule has 5 atom stereocenters. The summed E-state index contributed by atoms with van der Waals surface area (Å²) in [6.45, 7) is 1.44. The molecular weight excluding hydrogens is 460 g/mol. The van der Waals surface area contributed by atoms with Crippen molar-refractivity contribution in [1.29, 1.82) is 0 Å². The summed E-state index contributed by atoms with van der Waals surface area (Å²) >= 11 is 1.42. The van der Waals surface area contributed by atoms with Crippen LogP contribution in [0.15, 0.2) is 41.7 Å². The number of hydrogen-bond donors (Lipinski definition) is 4. The molecule has 0 spiro atoms. The van der Waals surface area contributed by atoms with Gasteiger partial charge in [-0.2, -0.15) is 13.5 Å². The molecule has 0 radical (unpaired) electrons. The fourth-order valence-corrected chi connectivity index (χ4v) is 4.81. The average molecular weight is 483 g/mol. The molecule has 1 aliphatic rings. The zero-order valence-electron chi connectivity index (χ0n) is 16.8. The topological polar surface area (TPSA) is 189 Å². The van der Waals surface area contributed by atoms with Crippen molar-refractivity contribution in [1.82, 2.24) is 19.7 Å². The minimum absolute atomic E-state index is 0.0123. The van der Waals surface area contributed by atoms with Crippen LogP contribution in [0.5, 0.6) is 0 Å². The zero-order valence-corrected chi connectivity index (χ0v) is 18.5. The number of anilines is 1. The summed E-state index contributed by atoms with van der Waals surface area (Å²) in [5.74, 6) is 0.200. The van der Waals surface area contributed by atoms with Gasteiger partial charge in [-0.05, 0) is 12.5 Å². The first-order valence-corrected chi connectivity index (χ1v) is 11.9. The van der Waals surface area contributed by atoms with Gasteiger partial charge in [0.05, 0.1) is 12.0 Å². The average Bonchev–Trinajstić information content (AvgIpc) is 3.25. The maximum atomic E-state index is 11.1. The minimum Gasteiger partial charge on any atom is -0.387 e. The van der Waals surface area contributed by atoms with E-state index in [2.05, 4.69) is 19.2 Å². The Morgan fingerprint density at radius 2 is 1.97 bits per heavy atom. The maximum Gasteiger partial charge on any atom is 0.333 e. The van der Waals surface area contributed by atoms with Gasteiger partial charge in [0.25, 0.3) is 0 Å². The number of fused-ring (bicyclic) bond motifs is 1. The Morgan fingerprint density at radius 1 is 1.25 bits per heavy atom. The molecule has 0 amide bonds. The highest BCUT2D eigenvalue weighted by molar-refractivity contribution is 7.99. The van der Waals surface area contributed by atoms with Crippen LogP contribution in [0.4, 0.5) is 5.82 Å². The predicted molar refractivity (Wildman–Crippen MR) is 115 cm³/mol. The Balaban J connectivity index is 1.67. The second kappa shape index (κ2) is 8.90. The van der Waals surface area contributed by atoms with E-state index in [1.54, 1.807) is 0 Å². The fraction of sp³-hybridized carbons (Fsp3) is 0.389. The summed E-state index contributed by atoms with van der Waals surface area (Å²) < 4.78 is 33.6. The summed E-state index contributed by atoms with van der Waals surface area (Å²) in [6.07, 6.45) is -3.96. The lowest BCUT2D eigenvalue weighted by Crippen LogP contribution is -2.35. The second-order valence-electron chi connectivity index (χ2n) is 7.20. The van der Waals surface area contributed by atoms with Gasteiger partial charge in [-0.25, -0.2) is 19.8 Å². The number of aromatic nitrogens is 4. The summed E-state index contributed by atoms with van der Waals surface area (Å²) in [5.41, 5.74) is 7.47. The minimum atomic E-state index is -4.25. The SMILES string of the molecule is C[C@H](Sc1nn([C@@H]2O[C@H](COS(N)(=O)=O)[C@@H](O)[C@H]2O)c2ncnc(N)c12)c1ccccc1. The summed E-state index contributed by atoms with van der Waals surface area (Å²) in [7, 11) is -4.25. The van der Waals surface area contributed by atoms with Gasteiger partial charge in [0.1, 0.15) is 35.5 Å². The van der Waals surface area contributed by atoms with Crippen molar-refractivity contribution in [3.63, 3.8) is 0 Å². The Morgan fingerprint density at radius 3 is 2.66 bits per heavy atom. The molecule has 2 aromatic heterocycles. The van der Waals surface area contributed by atoms with Gasteiger partial charge in [0.15, 0.2) is 11.9 Å². The van der Waals surface area contributed by atoms with Gasteiger partial charge < -0.3 is 20.7 Å². The van der Waals surface area contributed by atoms with Crippen molar-refractivity contribution in [2.24, 2.45) is 5.14 Å². The van der Waals surface area contributed by atoms with Crippen LogP contribution in [0.1, 0.15) is 24.0 Å². The number of nitrogens with zero attached hydrogens (tertiary/aromatic N) is 4. The van der Waals surface area contributed by atoms with Gasteiger partial charge in [-0.1, -0.05) is 42.1 Å². The van der Waals surface area contributed by atoms with Gasteiger partial charge in [-0.3, -0.25) is 4.18 Å². The van der Waals surface area contributed by atoms with E-state index in [0.717, 1.165) is 5.56 Å². The Labute approximate surface area is 187 Å². The van der Waals surface area contributed by atoms with E-state index >= 15 is 0 Å². The Bertz CT molecular complexity index is 1210. The van der Waals surface area contributed by atoms with Crippen LogP contribution in [0.2, 0.25) is 0 Å². The number of nitrogens with two attached hydrogens (primary N) is 2. The molecular formula is C18H22N6O6S2. The first-order chi connectivity index (χ1) is 15.2. The molecule has 14 heteroatoms. The molecule has 1 fully saturated rings. The van der Waals surface area contributed by atoms with Gasteiger partial charge in [-0.15, -0.1) is 0 Å². The fourth-order valence-electron chi connectivity index (χ4n) is 3.41. The summed E-state index contributed by atoms with van der Waals surface area (Å²) in [5, 5.41) is 31.3. The van der Waals surface area contributed by atoms with Crippen molar-refractivity contribution in [2.75, 3.05) is 12.3 Å². The van der Waals surface area contributed by atoms with E-state index in [1.165, 1.54) is 22.8 Å². The molecule has 4 rings (SSSR count). The molecule has 32 heavy (non-hydrogen) atoms. The monoisotopic (exact) mass is 482 g/mol. The molecule has 1 aromatic carbocycles. The molecule has 3 aromatic rings. The highest BCUT2D eigenvalue weighted by atomic mass is 32.2. The molecule has 0 bridgehead atoms. The number of thioether (sulfide) groups is 1. The van der Waals surface area contributed by atoms with Gasteiger partial charge >= 0.3 is 10.3 Å². The number of aliphatic hydroxyl groups excluding tert-OH is 2. The second-order valence-corrected chi connectivity index (χ2v) is 9.75. The van der Waals surface area contributed by atoms with Crippen molar-refractivity contribution in [3.05, 3.63) is 42.2 Å². The van der Waals surface area contributed by atoms with Crippen LogP contribution in [0.25, 0.3) is 11.0 Å². The molecule has 172 valence electrons. The molecule has 1 saturated heterocycles. The van der Waals surface area contributed by atoms with E-state index in [0.29, 0.717) is 16.1 Å². The third-order valence-electron chi connectivity index (χ3n) is 5.02. The van der Waals surface area contributed by atoms with Crippen molar-refractivity contribution < 1.29 is 27.6 Å².